The van der Waals surface area contributed by atoms with Crippen molar-refractivity contribution in [3.63, 3.8) is 0 Å². The van der Waals surface area contributed by atoms with Crippen LogP contribution in [-0.4, -0.2) is 6.17 Å². The van der Waals surface area contributed by atoms with Crippen molar-refractivity contribution in [2.45, 2.75) is 45.7 Å². The van der Waals surface area contributed by atoms with Crippen LogP contribution in [0.5, 0.6) is 0 Å². The number of rotatable bonds is 4. The van der Waals surface area contributed by atoms with Gasteiger partial charge in [0.2, 0.25) is 0 Å². The van der Waals surface area contributed by atoms with Crippen LogP contribution in [-0.2, 0) is 6.42 Å². The van der Waals surface area contributed by atoms with Crippen molar-refractivity contribution < 1.29 is 4.39 Å². The summed E-state index contributed by atoms with van der Waals surface area (Å²) >= 11 is 0. The summed E-state index contributed by atoms with van der Waals surface area (Å²) in [6.07, 6.45) is 9.74. The molecule has 2 aliphatic carbocycles. The molecule has 0 nitrogen and oxygen atoms in total. The number of hydrogen-bond donors (Lipinski definition) is 0. The number of hydrogen-bond acceptors (Lipinski definition) is 0. The van der Waals surface area contributed by atoms with Crippen LogP contribution in [0.1, 0.15) is 38.7 Å². The van der Waals surface area contributed by atoms with Gasteiger partial charge < -0.3 is 0 Å². The molecule has 3 unspecified atom stereocenters. The Morgan fingerprint density at radius 2 is 1.95 bits per heavy atom. The van der Waals surface area contributed by atoms with Crippen molar-refractivity contribution in [1.82, 2.24) is 0 Å². The van der Waals surface area contributed by atoms with Crippen molar-refractivity contribution >= 4 is 0 Å². The summed E-state index contributed by atoms with van der Waals surface area (Å²) in [7, 11) is 0. The Morgan fingerprint density at radius 1 is 1.19 bits per heavy atom. The van der Waals surface area contributed by atoms with Gasteiger partial charge in [0, 0.05) is 11.3 Å². The molecule has 21 heavy (non-hydrogen) atoms. The molecule has 0 aromatic heterocycles. The molecule has 0 N–H and O–H groups in total. The molecule has 1 saturated carbocycles. The highest BCUT2D eigenvalue weighted by Gasteiger charge is 2.66. The van der Waals surface area contributed by atoms with Gasteiger partial charge in [-0.05, 0) is 37.2 Å². The molecule has 1 aromatic carbocycles. The van der Waals surface area contributed by atoms with E-state index in [0.29, 0.717) is 5.92 Å². The van der Waals surface area contributed by atoms with E-state index in [1.165, 1.54) is 11.1 Å². The van der Waals surface area contributed by atoms with Crippen molar-refractivity contribution in [3.8, 4) is 0 Å². The zero-order valence-electron chi connectivity index (χ0n) is 13.1. The lowest BCUT2D eigenvalue weighted by Gasteiger charge is -2.20. The van der Waals surface area contributed by atoms with Crippen LogP contribution < -0.4 is 0 Å². The Labute approximate surface area is 127 Å². The normalized spacial score (nSPS) is 31.3. The first-order valence-electron chi connectivity index (χ1n) is 8.17. The van der Waals surface area contributed by atoms with Gasteiger partial charge in [-0.15, -0.1) is 0 Å². The van der Waals surface area contributed by atoms with Gasteiger partial charge in [0.05, 0.1) is 0 Å². The Hall–Kier alpha value is -1.37. The molecule has 3 rings (SSSR count). The fraction of sp³-hybridized carbons (Fsp3) is 0.500. The highest BCUT2D eigenvalue weighted by molar-refractivity contribution is 5.37. The zero-order valence-corrected chi connectivity index (χ0v) is 13.1. The van der Waals surface area contributed by atoms with Gasteiger partial charge in [-0.2, -0.15) is 0 Å². The maximum absolute atomic E-state index is 14.7. The lowest BCUT2D eigenvalue weighted by atomic mass is 9.84. The van der Waals surface area contributed by atoms with E-state index < -0.39 is 6.17 Å². The molecule has 0 bridgehead atoms. The molecule has 1 aromatic rings. The third kappa shape index (κ3) is 2.71. The number of halogens is 1. The van der Waals surface area contributed by atoms with Crippen LogP contribution in [0.2, 0.25) is 0 Å². The van der Waals surface area contributed by atoms with E-state index in [-0.39, 0.29) is 11.3 Å². The average Bonchev–Trinajstić information content (AvgIpc) is 3.09. The predicted molar refractivity (Wildman–Crippen MR) is 86.9 cm³/mol. The minimum Gasteiger partial charge on any atom is -0.246 e. The van der Waals surface area contributed by atoms with E-state index >= 15 is 0 Å². The molecule has 0 amide bonds. The number of benzene rings is 1. The smallest absolute Gasteiger partial charge is 0.114 e. The van der Waals surface area contributed by atoms with E-state index in [2.05, 4.69) is 56.3 Å². The molecule has 0 aliphatic heterocycles. The first-order chi connectivity index (χ1) is 10.1. The van der Waals surface area contributed by atoms with E-state index in [4.69, 9.17) is 0 Å². The molecule has 1 spiro atoms. The maximum Gasteiger partial charge on any atom is 0.114 e. The molecular weight excluding hydrogens is 259 g/mol. The van der Waals surface area contributed by atoms with Gasteiger partial charge in [0.15, 0.2) is 0 Å². The summed E-state index contributed by atoms with van der Waals surface area (Å²) < 4.78 is 14.7. The molecule has 3 atom stereocenters. The van der Waals surface area contributed by atoms with Gasteiger partial charge in [-0.1, -0.05) is 68.0 Å². The van der Waals surface area contributed by atoms with Crippen LogP contribution in [0.25, 0.3) is 0 Å². The minimum atomic E-state index is -0.655. The third-order valence-corrected chi connectivity index (χ3v) is 5.08. The van der Waals surface area contributed by atoms with E-state index in [1.807, 2.05) is 6.07 Å². The fourth-order valence-electron chi connectivity index (χ4n) is 3.94. The largest absolute Gasteiger partial charge is 0.246 e. The van der Waals surface area contributed by atoms with Crippen molar-refractivity contribution in [1.29, 1.82) is 0 Å². The molecule has 1 heteroatoms. The molecule has 1 fully saturated rings. The van der Waals surface area contributed by atoms with Crippen LogP contribution in [0, 0.1) is 17.3 Å². The zero-order chi connectivity index (χ0) is 14.9. The Kier molecular flexibility index (Phi) is 4.01. The summed E-state index contributed by atoms with van der Waals surface area (Å²) in [5, 5.41) is 0. The molecule has 2 aliphatic rings. The van der Waals surface area contributed by atoms with E-state index in [1.54, 1.807) is 0 Å². The van der Waals surface area contributed by atoms with Gasteiger partial charge in [-0.3, -0.25) is 0 Å². The standard InChI is InChI=1S/C20H25F/c1-15(2)13-18-19(21)20(18)12-8-4-7-11-17(20)14-16-9-5-3-6-10-16/h3-6,8-11,15,18-19H,7,12-14H2,1-2H3. The third-order valence-electron chi connectivity index (χ3n) is 5.08. The summed E-state index contributed by atoms with van der Waals surface area (Å²) in [5.74, 6) is 0.785. The van der Waals surface area contributed by atoms with Crippen molar-refractivity contribution in [2.24, 2.45) is 17.3 Å². The maximum atomic E-state index is 14.7. The van der Waals surface area contributed by atoms with Crippen LogP contribution in [0.15, 0.2) is 54.1 Å². The lowest BCUT2D eigenvalue weighted by Crippen LogP contribution is -2.12. The summed E-state index contributed by atoms with van der Waals surface area (Å²) in [4.78, 5) is 0. The highest BCUT2D eigenvalue weighted by atomic mass is 19.1. The second-order valence-corrected chi connectivity index (χ2v) is 6.98. The molecule has 0 heterocycles. The van der Waals surface area contributed by atoms with Crippen molar-refractivity contribution in [3.05, 3.63) is 59.7 Å². The Morgan fingerprint density at radius 3 is 2.67 bits per heavy atom. The van der Waals surface area contributed by atoms with Gasteiger partial charge in [0.25, 0.3) is 0 Å². The topological polar surface area (TPSA) is 0 Å². The van der Waals surface area contributed by atoms with Crippen LogP contribution in [0.3, 0.4) is 0 Å². The summed E-state index contributed by atoms with van der Waals surface area (Å²) in [6.45, 7) is 4.40. The second-order valence-electron chi connectivity index (χ2n) is 6.98. The van der Waals surface area contributed by atoms with Crippen LogP contribution in [0.4, 0.5) is 4.39 Å². The van der Waals surface area contributed by atoms with Gasteiger partial charge in [0.1, 0.15) is 6.17 Å². The molecular formula is C20H25F. The number of alkyl halides is 1. The SMILES string of the molecule is CC(C)CC1C(F)C12CC=CCC=C2Cc1ccccc1. The summed E-state index contributed by atoms with van der Waals surface area (Å²) in [5.41, 5.74) is 2.43. The minimum absolute atomic E-state index is 0.201. The quantitative estimate of drug-likeness (QED) is 0.640. The molecule has 0 saturated heterocycles. The van der Waals surface area contributed by atoms with Crippen molar-refractivity contribution in [2.75, 3.05) is 0 Å². The second kappa shape index (κ2) is 5.79. The lowest BCUT2D eigenvalue weighted by molar-refractivity contribution is 0.389. The van der Waals surface area contributed by atoms with E-state index in [0.717, 1.165) is 25.7 Å². The predicted octanol–water partition coefficient (Wildman–Crippen LogP) is 5.51. The van der Waals surface area contributed by atoms with Crippen LogP contribution >= 0.6 is 0 Å². The number of allylic oxidation sites excluding steroid dienone is 4. The first-order valence-corrected chi connectivity index (χ1v) is 8.17. The highest BCUT2D eigenvalue weighted by Crippen LogP contribution is 2.65. The van der Waals surface area contributed by atoms with Gasteiger partial charge >= 0.3 is 0 Å². The Balaban J connectivity index is 1.85. The molecule has 0 radical (unpaired) electrons. The summed E-state index contributed by atoms with van der Waals surface area (Å²) in [6, 6.07) is 10.5. The first kappa shape index (κ1) is 14.6. The monoisotopic (exact) mass is 284 g/mol. The van der Waals surface area contributed by atoms with Gasteiger partial charge in [-0.25, -0.2) is 4.39 Å². The Bertz CT molecular complexity index is 540. The average molecular weight is 284 g/mol. The molecule has 112 valence electrons. The van der Waals surface area contributed by atoms with E-state index in [9.17, 15) is 4.39 Å². The fourth-order valence-corrected chi connectivity index (χ4v) is 3.94.